The monoisotopic (exact) mass is 344 g/mol. The van der Waals surface area contributed by atoms with Crippen molar-refractivity contribution in [2.24, 2.45) is 0 Å². The summed E-state index contributed by atoms with van der Waals surface area (Å²) < 4.78 is 12.3. The number of fused-ring (bicyclic) bond motifs is 1. The molecular formula is C19H24N2O2S. The van der Waals surface area contributed by atoms with Gasteiger partial charge in [-0.05, 0) is 54.3 Å². The van der Waals surface area contributed by atoms with Gasteiger partial charge in [0.05, 0.1) is 18.4 Å². The van der Waals surface area contributed by atoms with Crippen LogP contribution in [0.5, 0.6) is 0 Å². The first-order chi connectivity index (χ1) is 11.8. The van der Waals surface area contributed by atoms with E-state index in [9.17, 15) is 0 Å². The van der Waals surface area contributed by atoms with E-state index >= 15 is 0 Å². The molecule has 24 heavy (non-hydrogen) atoms. The van der Waals surface area contributed by atoms with Crippen LogP contribution in [0.3, 0.4) is 0 Å². The molecule has 0 spiro atoms. The van der Waals surface area contributed by atoms with Crippen LogP contribution in [0.4, 0.5) is 0 Å². The van der Waals surface area contributed by atoms with Gasteiger partial charge in [-0.2, -0.15) is 11.3 Å². The Balaban J connectivity index is 1.42. The van der Waals surface area contributed by atoms with E-state index in [1.165, 1.54) is 12.0 Å². The summed E-state index contributed by atoms with van der Waals surface area (Å²) in [6, 6.07) is 8.79. The van der Waals surface area contributed by atoms with Gasteiger partial charge in [-0.15, -0.1) is 0 Å². The summed E-state index contributed by atoms with van der Waals surface area (Å²) in [6.07, 6.45) is 2.68. The van der Waals surface area contributed by atoms with Gasteiger partial charge in [0.25, 0.3) is 0 Å². The van der Waals surface area contributed by atoms with Crippen molar-refractivity contribution >= 4 is 11.3 Å². The Bertz CT molecular complexity index is 661. The Hall–Kier alpha value is -1.27. The van der Waals surface area contributed by atoms with E-state index in [0.29, 0.717) is 12.6 Å². The van der Waals surface area contributed by atoms with Gasteiger partial charge in [-0.1, -0.05) is 6.07 Å². The van der Waals surface area contributed by atoms with E-state index in [1.807, 2.05) is 25.1 Å². The van der Waals surface area contributed by atoms with Crippen LogP contribution in [-0.2, 0) is 22.6 Å². The minimum atomic E-state index is 0.135. The Morgan fingerprint density at radius 1 is 1.38 bits per heavy atom. The predicted octanol–water partition coefficient (Wildman–Crippen LogP) is 3.40. The number of ether oxygens (including phenoxy) is 2. The zero-order chi connectivity index (χ0) is 16.4. The molecular weight excluding hydrogens is 320 g/mol. The van der Waals surface area contributed by atoms with E-state index < -0.39 is 0 Å². The molecule has 4 nitrogen and oxygen atoms in total. The highest BCUT2D eigenvalue weighted by molar-refractivity contribution is 7.07. The average Bonchev–Trinajstić information content (AvgIpc) is 3.22. The third-order valence-corrected chi connectivity index (χ3v) is 5.67. The molecule has 2 aliphatic heterocycles. The average molecular weight is 344 g/mol. The van der Waals surface area contributed by atoms with Crippen LogP contribution >= 0.6 is 11.3 Å². The molecule has 5 heteroatoms. The van der Waals surface area contributed by atoms with Crippen LogP contribution in [0.2, 0.25) is 0 Å². The van der Waals surface area contributed by atoms with Crippen molar-refractivity contribution < 1.29 is 9.47 Å². The predicted molar refractivity (Wildman–Crippen MR) is 95.0 cm³/mol. The molecule has 4 rings (SSSR count). The van der Waals surface area contributed by atoms with Crippen molar-refractivity contribution in [3.8, 4) is 0 Å². The van der Waals surface area contributed by atoms with Crippen LogP contribution in [0.1, 0.15) is 29.8 Å². The zero-order valence-corrected chi connectivity index (χ0v) is 14.9. The van der Waals surface area contributed by atoms with E-state index in [2.05, 4.69) is 26.7 Å². The van der Waals surface area contributed by atoms with Crippen LogP contribution in [0.25, 0.3) is 0 Å². The number of aromatic nitrogens is 1. The molecule has 0 N–H and O–H groups in total. The summed E-state index contributed by atoms with van der Waals surface area (Å²) in [7, 11) is 0. The molecule has 0 aromatic carbocycles. The molecule has 2 aliphatic rings. The summed E-state index contributed by atoms with van der Waals surface area (Å²) in [5.41, 5.74) is 3.43. The number of likely N-dealkylation sites (tertiary alicyclic amines) is 1. The Labute approximate surface area is 147 Å². The lowest BCUT2D eigenvalue weighted by Gasteiger charge is -2.32. The molecule has 2 aromatic heterocycles. The second-order valence-corrected chi connectivity index (χ2v) is 7.51. The zero-order valence-electron chi connectivity index (χ0n) is 14.1. The summed E-state index contributed by atoms with van der Waals surface area (Å²) in [5, 5.41) is 4.39. The fourth-order valence-electron chi connectivity index (χ4n) is 3.82. The minimum absolute atomic E-state index is 0.135. The molecule has 0 unspecified atom stereocenters. The van der Waals surface area contributed by atoms with Crippen molar-refractivity contribution in [1.29, 1.82) is 0 Å². The Morgan fingerprint density at radius 3 is 3.17 bits per heavy atom. The van der Waals surface area contributed by atoms with Crippen molar-refractivity contribution in [2.45, 2.75) is 51.2 Å². The van der Waals surface area contributed by atoms with Gasteiger partial charge >= 0.3 is 0 Å². The number of rotatable bonds is 5. The lowest BCUT2D eigenvalue weighted by Crippen LogP contribution is -2.41. The van der Waals surface area contributed by atoms with E-state index in [-0.39, 0.29) is 12.2 Å². The molecule has 128 valence electrons. The van der Waals surface area contributed by atoms with Gasteiger partial charge in [-0.3, -0.25) is 9.88 Å². The molecule has 0 aliphatic carbocycles. The number of hydrogen-bond donors (Lipinski definition) is 0. The minimum Gasteiger partial charge on any atom is -0.374 e. The summed E-state index contributed by atoms with van der Waals surface area (Å²) in [6.45, 7) is 5.37. The summed E-state index contributed by atoms with van der Waals surface area (Å²) in [4.78, 5) is 7.08. The Morgan fingerprint density at radius 2 is 2.33 bits per heavy atom. The molecule has 0 bridgehead atoms. The maximum atomic E-state index is 6.24. The van der Waals surface area contributed by atoms with Crippen LogP contribution in [0, 0.1) is 6.92 Å². The third kappa shape index (κ3) is 3.54. The normalized spacial score (nSPS) is 27.3. The van der Waals surface area contributed by atoms with Crippen molar-refractivity contribution in [3.05, 3.63) is 52.0 Å². The molecule has 2 aromatic rings. The quantitative estimate of drug-likeness (QED) is 0.833. The lowest BCUT2D eigenvalue weighted by atomic mass is 10.0. The second-order valence-electron chi connectivity index (χ2n) is 6.73. The molecule has 3 atom stereocenters. The van der Waals surface area contributed by atoms with Crippen molar-refractivity contribution in [2.75, 3.05) is 13.2 Å². The number of hydrogen-bond acceptors (Lipinski definition) is 5. The van der Waals surface area contributed by atoms with Crippen molar-refractivity contribution in [3.63, 3.8) is 0 Å². The van der Waals surface area contributed by atoms with E-state index in [0.717, 1.165) is 37.5 Å². The molecule has 0 amide bonds. The fraction of sp³-hybridized carbons (Fsp3) is 0.526. The number of pyridine rings is 1. The lowest BCUT2D eigenvalue weighted by molar-refractivity contribution is -0.0824. The third-order valence-electron chi connectivity index (χ3n) is 4.94. The Kier molecular flexibility index (Phi) is 4.94. The van der Waals surface area contributed by atoms with Crippen LogP contribution < -0.4 is 0 Å². The van der Waals surface area contributed by atoms with Gasteiger partial charge in [0.2, 0.25) is 0 Å². The standard InChI is InChI=1S/C19H24N2O2S/c1-14-4-2-5-16(20-14)12-23-18-11-21(10-15-7-9-24-13-15)17-6-3-8-22-19(17)18/h2,4-5,7,9,13,17-19H,3,6,8,10-12H2,1H3/t17-,18-,19+/m1/s1. The van der Waals surface area contributed by atoms with Gasteiger partial charge in [-0.25, -0.2) is 0 Å². The highest BCUT2D eigenvalue weighted by atomic mass is 32.1. The molecule has 0 radical (unpaired) electrons. The highest BCUT2D eigenvalue weighted by Gasteiger charge is 2.44. The molecule has 2 saturated heterocycles. The molecule has 0 saturated carbocycles. The van der Waals surface area contributed by atoms with Crippen LogP contribution in [-0.4, -0.2) is 41.3 Å². The van der Waals surface area contributed by atoms with Gasteiger partial charge in [0.1, 0.15) is 6.10 Å². The van der Waals surface area contributed by atoms with E-state index in [1.54, 1.807) is 11.3 Å². The highest BCUT2D eigenvalue weighted by Crippen LogP contribution is 2.32. The first kappa shape index (κ1) is 16.2. The largest absolute Gasteiger partial charge is 0.374 e. The smallest absolute Gasteiger partial charge is 0.100 e. The summed E-state index contributed by atoms with van der Waals surface area (Å²) >= 11 is 1.76. The second kappa shape index (κ2) is 7.31. The van der Waals surface area contributed by atoms with Gasteiger partial charge in [0, 0.05) is 31.4 Å². The number of thiophene rings is 1. The fourth-order valence-corrected chi connectivity index (χ4v) is 4.48. The SMILES string of the molecule is Cc1cccc(CO[C@@H]2CN(Cc3ccsc3)[C@@H]3CCCO[C@@H]32)n1. The first-order valence-electron chi connectivity index (χ1n) is 8.70. The molecule has 4 heterocycles. The maximum Gasteiger partial charge on any atom is 0.100 e. The number of nitrogens with zero attached hydrogens (tertiary/aromatic N) is 2. The van der Waals surface area contributed by atoms with Crippen molar-refractivity contribution in [1.82, 2.24) is 9.88 Å². The molecule has 2 fully saturated rings. The van der Waals surface area contributed by atoms with Gasteiger partial charge in [0.15, 0.2) is 0 Å². The number of aryl methyl sites for hydroxylation is 1. The first-order valence-corrected chi connectivity index (χ1v) is 9.65. The van der Waals surface area contributed by atoms with E-state index in [4.69, 9.17) is 9.47 Å². The van der Waals surface area contributed by atoms with Gasteiger partial charge < -0.3 is 9.47 Å². The summed E-state index contributed by atoms with van der Waals surface area (Å²) in [5.74, 6) is 0. The maximum absolute atomic E-state index is 6.24. The van der Waals surface area contributed by atoms with Crippen LogP contribution in [0.15, 0.2) is 35.0 Å². The topological polar surface area (TPSA) is 34.6 Å².